The third kappa shape index (κ3) is 8.22. The molecule has 1 aliphatic rings. The second kappa shape index (κ2) is 11.6. The van der Waals surface area contributed by atoms with E-state index in [-0.39, 0.29) is 0 Å². The maximum Gasteiger partial charge on any atom is 0.0811 e. The molecule has 30 heavy (non-hydrogen) atoms. The number of benzene rings is 1. The molecule has 1 aromatic carbocycles. The number of aliphatic hydroxyl groups excluding tert-OH is 2. The average molecular weight is 413 g/mol. The first-order valence-corrected chi connectivity index (χ1v) is 11.5. The van der Waals surface area contributed by atoms with E-state index in [0.29, 0.717) is 12.8 Å². The van der Waals surface area contributed by atoms with Gasteiger partial charge in [-0.1, -0.05) is 69.2 Å². The maximum absolute atomic E-state index is 10.1. The summed E-state index contributed by atoms with van der Waals surface area (Å²) >= 11 is 0. The van der Waals surface area contributed by atoms with Gasteiger partial charge in [-0.2, -0.15) is 0 Å². The summed E-state index contributed by atoms with van der Waals surface area (Å²) in [4.78, 5) is 0. The van der Waals surface area contributed by atoms with E-state index in [1.807, 2.05) is 19.9 Å². The molecule has 1 aromatic rings. The van der Waals surface area contributed by atoms with Crippen LogP contribution in [0, 0.1) is 0 Å². The van der Waals surface area contributed by atoms with Gasteiger partial charge in [0.05, 0.1) is 17.8 Å². The lowest BCUT2D eigenvalue weighted by Crippen LogP contribution is -2.26. The van der Waals surface area contributed by atoms with Gasteiger partial charge in [0, 0.05) is 6.42 Å². The lowest BCUT2D eigenvalue weighted by molar-refractivity contribution is 0.0680. The third-order valence-electron chi connectivity index (χ3n) is 5.82. The Kier molecular flexibility index (Phi) is 9.54. The first-order valence-electron chi connectivity index (χ1n) is 11.5. The van der Waals surface area contributed by atoms with Crippen molar-refractivity contribution in [1.29, 1.82) is 0 Å². The third-order valence-corrected chi connectivity index (χ3v) is 5.82. The van der Waals surface area contributed by atoms with Crippen LogP contribution in [0.4, 0.5) is 0 Å². The maximum atomic E-state index is 10.1. The first-order chi connectivity index (χ1) is 14.2. The number of unbranched alkanes of at least 4 members (excludes halogenated alkanes) is 2. The fourth-order valence-electron chi connectivity index (χ4n) is 4.04. The SMILES string of the molecule is C=C1/C(=C\C=C(/CCC)c2cccc(CCCCCC(C)(C)O)c2)C[C@@H](O)C[C@@H]1O. The Labute approximate surface area is 182 Å². The quantitative estimate of drug-likeness (QED) is 0.429. The summed E-state index contributed by atoms with van der Waals surface area (Å²) in [7, 11) is 0. The van der Waals surface area contributed by atoms with Gasteiger partial charge in [0.1, 0.15) is 0 Å². The second-order valence-electron chi connectivity index (χ2n) is 9.34. The summed E-state index contributed by atoms with van der Waals surface area (Å²) in [6, 6.07) is 8.77. The molecule has 3 nitrogen and oxygen atoms in total. The molecule has 3 N–H and O–H groups in total. The van der Waals surface area contributed by atoms with Crippen LogP contribution in [0.5, 0.6) is 0 Å². The molecule has 166 valence electrons. The normalized spacial score (nSPS) is 22.0. The zero-order valence-corrected chi connectivity index (χ0v) is 19.0. The molecule has 1 aliphatic carbocycles. The van der Waals surface area contributed by atoms with Crippen molar-refractivity contribution in [1.82, 2.24) is 0 Å². The van der Waals surface area contributed by atoms with Gasteiger partial charge < -0.3 is 15.3 Å². The number of aryl methyl sites for hydroxylation is 1. The molecule has 1 fully saturated rings. The molecular formula is C27H40O3. The van der Waals surface area contributed by atoms with Crippen LogP contribution in [0.25, 0.3) is 5.57 Å². The van der Waals surface area contributed by atoms with Gasteiger partial charge in [0.25, 0.3) is 0 Å². The molecular weight excluding hydrogens is 372 g/mol. The second-order valence-corrected chi connectivity index (χ2v) is 9.34. The van der Waals surface area contributed by atoms with Crippen molar-refractivity contribution in [3.63, 3.8) is 0 Å². The van der Waals surface area contributed by atoms with Gasteiger partial charge in [-0.15, -0.1) is 0 Å². The fraction of sp³-hybridized carbons (Fsp3) is 0.556. The van der Waals surface area contributed by atoms with E-state index < -0.39 is 17.8 Å². The number of aliphatic hydroxyl groups is 3. The minimum atomic E-state index is -0.650. The van der Waals surface area contributed by atoms with Gasteiger partial charge in [-0.3, -0.25) is 0 Å². The van der Waals surface area contributed by atoms with E-state index in [9.17, 15) is 15.3 Å². The number of allylic oxidation sites excluding steroid dienone is 3. The van der Waals surface area contributed by atoms with E-state index in [1.165, 1.54) is 16.7 Å². The van der Waals surface area contributed by atoms with Crippen molar-refractivity contribution < 1.29 is 15.3 Å². The molecule has 0 amide bonds. The molecule has 0 saturated heterocycles. The van der Waals surface area contributed by atoms with Crippen molar-refractivity contribution in [3.05, 3.63) is 65.3 Å². The summed E-state index contributed by atoms with van der Waals surface area (Å²) in [5.41, 5.74) is 4.97. The summed E-state index contributed by atoms with van der Waals surface area (Å²) in [6.45, 7) is 9.94. The topological polar surface area (TPSA) is 60.7 Å². The summed E-state index contributed by atoms with van der Waals surface area (Å²) < 4.78 is 0. The first kappa shape index (κ1) is 24.6. The molecule has 0 aromatic heterocycles. The molecule has 0 aliphatic heterocycles. The lowest BCUT2D eigenvalue weighted by Gasteiger charge is -2.26. The van der Waals surface area contributed by atoms with Crippen molar-refractivity contribution in [2.75, 3.05) is 0 Å². The lowest BCUT2D eigenvalue weighted by atomic mass is 9.85. The van der Waals surface area contributed by atoms with Crippen LogP contribution in [0.15, 0.2) is 54.1 Å². The number of rotatable bonds is 10. The molecule has 0 heterocycles. The van der Waals surface area contributed by atoms with Gasteiger partial charge in [0.2, 0.25) is 0 Å². The standard InChI is InChI=1S/C27H40O3/c1-5-10-22(14-15-23-18-25(28)19-26(29)20(23)2)24-13-9-12-21(17-24)11-7-6-8-16-27(3,4)30/h9,12-15,17,25-26,28-30H,2,5-8,10-11,16,18-19H2,1,3-4H3/b22-14+,23-15-/t25-,26+/m1/s1. The number of hydrogen-bond acceptors (Lipinski definition) is 3. The highest BCUT2D eigenvalue weighted by Crippen LogP contribution is 2.29. The van der Waals surface area contributed by atoms with E-state index in [0.717, 1.165) is 56.1 Å². The minimum absolute atomic E-state index is 0.375. The Morgan fingerprint density at radius 2 is 1.97 bits per heavy atom. The number of hydrogen-bond donors (Lipinski definition) is 3. The highest BCUT2D eigenvalue weighted by atomic mass is 16.3. The Balaban J connectivity index is 2.06. The van der Waals surface area contributed by atoms with Gasteiger partial charge in [-0.05, 0) is 73.8 Å². The van der Waals surface area contributed by atoms with Gasteiger partial charge >= 0.3 is 0 Å². The predicted octanol–water partition coefficient (Wildman–Crippen LogP) is 5.74. The van der Waals surface area contributed by atoms with Crippen LogP contribution in [0.3, 0.4) is 0 Å². The van der Waals surface area contributed by atoms with Crippen LogP contribution in [-0.4, -0.2) is 33.1 Å². The molecule has 1 saturated carbocycles. The van der Waals surface area contributed by atoms with Crippen LogP contribution >= 0.6 is 0 Å². The van der Waals surface area contributed by atoms with Crippen LogP contribution in [-0.2, 0) is 6.42 Å². The Morgan fingerprint density at radius 3 is 2.67 bits per heavy atom. The van der Waals surface area contributed by atoms with Crippen molar-refractivity contribution in [3.8, 4) is 0 Å². The van der Waals surface area contributed by atoms with Gasteiger partial charge in [-0.25, -0.2) is 0 Å². The van der Waals surface area contributed by atoms with Crippen LogP contribution in [0.1, 0.15) is 83.3 Å². The van der Waals surface area contributed by atoms with Crippen molar-refractivity contribution in [2.24, 2.45) is 0 Å². The molecule has 0 unspecified atom stereocenters. The largest absolute Gasteiger partial charge is 0.393 e. The molecule has 0 spiro atoms. The van der Waals surface area contributed by atoms with E-state index in [1.54, 1.807) is 0 Å². The average Bonchev–Trinajstić information content (AvgIpc) is 2.67. The van der Waals surface area contributed by atoms with Crippen LogP contribution in [0.2, 0.25) is 0 Å². The summed E-state index contributed by atoms with van der Waals surface area (Å²) in [5, 5.41) is 29.9. The van der Waals surface area contributed by atoms with Crippen LogP contribution < -0.4 is 0 Å². The Morgan fingerprint density at radius 1 is 1.20 bits per heavy atom. The molecule has 2 rings (SSSR count). The minimum Gasteiger partial charge on any atom is -0.393 e. The Hall–Kier alpha value is -1.68. The van der Waals surface area contributed by atoms with Gasteiger partial charge in [0.15, 0.2) is 0 Å². The summed E-state index contributed by atoms with van der Waals surface area (Å²) in [6.07, 6.45) is 11.2. The molecule has 0 radical (unpaired) electrons. The highest BCUT2D eigenvalue weighted by molar-refractivity contribution is 5.68. The van der Waals surface area contributed by atoms with Crippen molar-refractivity contribution in [2.45, 2.75) is 96.4 Å². The molecule has 0 bridgehead atoms. The van der Waals surface area contributed by atoms with E-state index in [2.05, 4.69) is 43.8 Å². The zero-order chi connectivity index (χ0) is 22.1. The fourth-order valence-corrected chi connectivity index (χ4v) is 4.04. The molecule has 3 heteroatoms. The smallest absolute Gasteiger partial charge is 0.0811 e. The van der Waals surface area contributed by atoms with Crippen molar-refractivity contribution >= 4 is 5.57 Å². The summed E-state index contributed by atoms with van der Waals surface area (Å²) in [5.74, 6) is 0. The highest BCUT2D eigenvalue weighted by Gasteiger charge is 2.24. The monoisotopic (exact) mass is 412 g/mol. The predicted molar refractivity (Wildman–Crippen MR) is 126 cm³/mol. The molecule has 2 atom stereocenters. The van der Waals surface area contributed by atoms with E-state index in [4.69, 9.17) is 0 Å². The zero-order valence-electron chi connectivity index (χ0n) is 19.0. The Bertz CT molecular complexity index is 752. The van der Waals surface area contributed by atoms with E-state index >= 15 is 0 Å².